The minimum Gasteiger partial charge on any atom is -0.475 e. The first-order chi connectivity index (χ1) is 13.1. The fourth-order valence-corrected chi connectivity index (χ4v) is 2.95. The highest BCUT2D eigenvalue weighted by Crippen LogP contribution is 2.43. The van der Waals surface area contributed by atoms with Gasteiger partial charge in [-0.05, 0) is 43.2 Å². The molecule has 0 aromatic heterocycles. The van der Waals surface area contributed by atoms with Crippen LogP contribution in [0.1, 0.15) is 16.7 Å². The van der Waals surface area contributed by atoms with E-state index in [1.165, 1.54) is 12.1 Å². The van der Waals surface area contributed by atoms with Crippen molar-refractivity contribution in [1.29, 1.82) is 0 Å². The minimum absolute atomic E-state index is 0.0975. The molecule has 1 aliphatic rings. The van der Waals surface area contributed by atoms with Crippen LogP contribution in [0.25, 0.3) is 6.08 Å². The molecule has 148 valence electrons. The Morgan fingerprint density at radius 1 is 1.14 bits per heavy atom. The quantitative estimate of drug-likeness (QED) is 0.613. The molecule has 0 saturated heterocycles. The first-order valence-electron chi connectivity index (χ1n) is 8.22. The molecule has 0 fully saturated rings. The molecular formula is C20H16ClF3O4. The Kier molecular flexibility index (Phi) is 5.30. The maximum atomic E-state index is 13.4. The van der Waals surface area contributed by atoms with Gasteiger partial charge in [0, 0.05) is 11.6 Å². The number of carbonyl (C=O) groups excluding carboxylic acids is 1. The predicted molar refractivity (Wildman–Crippen MR) is 97.9 cm³/mol. The van der Waals surface area contributed by atoms with E-state index in [2.05, 4.69) is 4.74 Å². The van der Waals surface area contributed by atoms with Crippen molar-refractivity contribution < 1.29 is 32.2 Å². The van der Waals surface area contributed by atoms with Gasteiger partial charge in [0.15, 0.2) is 0 Å². The number of alkyl halides is 3. The van der Waals surface area contributed by atoms with E-state index in [1.54, 1.807) is 6.07 Å². The van der Waals surface area contributed by atoms with E-state index in [4.69, 9.17) is 21.1 Å². The van der Waals surface area contributed by atoms with Gasteiger partial charge in [-0.2, -0.15) is 13.2 Å². The first-order valence-corrected chi connectivity index (χ1v) is 8.60. The Hall–Kier alpha value is -2.67. The predicted octanol–water partition coefficient (Wildman–Crippen LogP) is 5.63. The number of methoxy groups -OCH3 is 1. The van der Waals surface area contributed by atoms with E-state index in [0.29, 0.717) is 5.75 Å². The Balaban J connectivity index is 2.04. The second-order valence-corrected chi connectivity index (χ2v) is 6.73. The van der Waals surface area contributed by atoms with Crippen molar-refractivity contribution in [2.24, 2.45) is 0 Å². The van der Waals surface area contributed by atoms with Gasteiger partial charge in [-0.3, -0.25) is 0 Å². The van der Waals surface area contributed by atoms with Gasteiger partial charge in [-0.25, -0.2) is 4.79 Å². The third-order valence-electron chi connectivity index (χ3n) is 4.18. The third kappa shape index (κ3) is 3.94. The fourth-order valence-electron chi connectivity index (χ4n) is 2.74. The van der Waals surface area contributed by atoms with Crippen molar-refractivity contribution in [3.8, 4) is 17.2 Å². The molecule has 4 nitrogen and oxygen atoms in total. The highest BCUT2D eigenvalue weighted by Gasteiger charge is 2.48. The van der Waals surface area contributed by atoms with E-state index in [-0.39, 0.29) is 22.1 Å². The van der Waals surface area contributed by atoms with Crippen LogP contribution < -0.4 is 9.47 Å². The number of hydrogen-bond donors (Lipinski definition) is 0. The monoisotopic (exact) mass is 412 g/mol. The summed E-state index contributed by atoms with van der Waals surface area (Å²) < 4.78 is 55.5. The molecule has 0 N–H and O–H groups in total. The summed E-state index contributed by atoms with van der Waals surface area (Å²) in [7, 11) is 1.00. The molecule has 2 aromatic rings. The van der Waals surface area contributed by atoms with Crippen molar-refractivity contribution >= 4 is 23.6 Å². The van der Waals surface area contributed by atoms with Crippen molar-refractivity contribution in [2.45, 2.75) is 26.1 Å². The van der Waals surface area contributed by atoms with Gasteiger partial charge >= 0.3 is 12.1 Å². The summed E-state index contributed by atoms with van der Waals surface area (Å²) in [6.45, 7) is 3.72. The minimum atomic E-state index is -4.80. The van der Waals surface area contributed by atoms with Crippen molar-refractivity contribution in [3.05, 3.63) is 57.6 Å². The van der Waals surface area contributed by atoms with Gasteiger partial charge in [0.05, 0.1) is 17.7 Å². The molecule has 1 heterocycles. The van der Waals surface area contributed by atoms with Crippen LogP contribution in [0.4, 0.5) is 13.2 Å². The number of fused-ring (bicyclic) bond motifs is 1. The van der Waals surface area contributed by atoms with Crippen molar-refractivity contribution in [2.75, 3.05) is 7.11 Å². The molecule has 1 atom stereocenters. The lowest BCUT2D eigenvalue weighted by molar-refractivity contribution is -0.187. The molecule has 2 aromatic carbocycles. The average molecular weight is 413 g/mol. The maximum Gasteiger partial charge on any atom is 0.430 e. The normalized spacial score (nSPS) is 16.0. The molecule has 0 bridgehead atoms. The number of aryl methyl sites for hydroxylation is 2. The third-order valence-corrected chi connectivity index (χ3v) is 4.48. The van der Waals surface area contributed by atoms with Gasteiger partial charge in [-0.15, -0.1) is 0 Å². The number of rotatable bonds is 3. The van der Waals surface area contributed by atoms with Crippen molar-refractivity contribution in [3.63, 3.8) is 0 Å². The van der Waals surface area contributed by atoms with Crippen LogP contribution in [0.5, 0.6) is 17.2 Å². The summed E-state index contributed by atoms with van der Waals surface area (Å²) in [6, 6.07) is 8.22. The molecule has 0 aliphatic carbocycles. The topological polar surface area (TPSA) is 44.8 Å². The zero-order valence-corrected chi connectivity index (χ0v) is 15.9. The highest BCUT2D eigenvalue weighted by atomic mass is 35.5. The number of carbonyl (C=O) groups is 1. The van der Waals surface area contributed by atoms with E-state index >= 15 is 0 Å². The molecule has 0 saturated carbocycles. The molecule has 1 aliphatic heterocycles. The Morgan fingerprint density at radius 3 is 2.50 bits per heavy atom. The van der Waals surface area contributed by atoms with E-state index in [9.17, 15) is 18.0 Å². The highest BCUT2D eigenvalue weighted by molar-refractivity contribution is 6.32. The summed E-state index contributed by atoms with van der Waals surface area (Å²) in [6.07, 6.45) is -6.18. The lowest BCUT2D eigenvalue weighted by atomic mass is 10.0. The molecule has 0 spiro atoms. The van der Waals surface area contributed by atoms with Crippen LogP contribution in [0, 0.1) is 13.8 Å². The molecule has 0 amide bonds. The number of benzene rings is 2. The van der Waals surface area contributed by atoms with Crippen LogP contribution in [0.3, 0.4) is 0 Å². The van der Waals surface area contributed by atoms with Crippen LogP contribution in [0.15, 0.2) is 35.9 Å². The maximum absolute atomic E-state index is 13.4. The Labute approximate surface area is 164 Å². The Morgan fingerprint density at radius 2 is 1.86 bits per heavy atom. The number of halogens is 4. The van der Waals surface area contributed by atoms with Gasteiger partial charge in [-0.1, -0.05) is 23.7 Å². The molecule has 28 heavy (non-hydrogen) atoms. The van der Waals surface area contributed by atoms with Crippen LogP contribution in [0.2, 0.25) is 5.02 Å². The van der Waals surface area contributed by atoms with Crippen LogP contribution >= 0.6 is 11.6 Å². The largest absolute Gasteiger partial charge is 0.475 e. The average Bonchev–Trinajstić information content (AvgIpc) is 2.63. The lowest BCUT2D eigenvalue weighted by Crippen LogP contribution is -2.40. The second-order valence-electron chi connectivity index (χ2n) is 6.32. The number of hydrogen-bond acceptors (Lipinski definition) is 4. The standard InChI is InChI=1S/C20H16ClF3O4/c1-10-4-5-11(2)15(6-10)27-17-9-16-12(8-14(17)21)7-13(19(25)26-3)18(28-16)20(22,23)24/h4-9,18H,1-3H3. The summed E-state index contributed by atoms with van der Waals surface area (Å²) in [5.74, 6) is -0.555. The molecule has 1 unspecified atom stereocenters. The fraction of sp³-hybridized carbons (Fsp3) is 0.250. The second kappa shape index (κ2) is 7.39. The van der Waals surface area contributed by atoms with Crippen LogP contribution in [-0.2, 0) is 9.53 Å². The van der Waals surface area contributed by atoms with Gasteiger partial charge < -0.3 is 14.2 Å². The molecule has 3 rings (SSSR count). The zero-order valence-electron chi connectivity index (χ0n) is 15.2. The first kappa shape index (κ1) is 20.1. The van der Waals surface area contributed by atoms with E-state index < -0.39 is 23.8 Å². The zero-order chi connectivity index (χ0) is 20.6. The van der Waals surface area contributed by atoms with Crippen LogP contribution in [-0.4, -0.2) is 25.4 Å². The van der Waals surface area contributed by atoms with Gasteiger partial charge in [0.2, 0.25) is 6.10 Å². The molecule has 8 heteroatoms. The lowest BCUT2D eigenvalue weighted by Gasteiger charge is -2.28. The summed E-state index contributed by atoms with van der Waals surface area (Å²) in [4.78, 5) is 11.8. The Bertz CT molecular complexity index is 967. The smallest absolute Gasteiger partial charge is 0.430 e. The summed E-state index contributed by atoms with van der Waals surface area (Å²) in [5.41, 5.74) is 1.36. The van der Waals surface area contributed by atoms with Crippen molar-refractivity contribution in [1.82, 2.24) is 0 Å². The van der Waals surface area contributed by atoms with Gasteiger partial charge in [0.25, 0.3) is 0 Å². The summed E-state index contributed by atoms with van der Waals surface area (Å²) in [5, 5.41) is 0.161. The SMILES string of the molecule is COC(=O)C1=Cc2cc(Cl)c(Oc3cc(C)ccc3C)cc2OC1C(F)(F)F. The molecular weight excluding hydrogens is 397 g/mol. The van der Waals surface area contributed by atoms with Gasteiger partial charge in [0.1, 0.15) is 17.2 Å². The van der Waals surface area contributed by atoms with E-state index in [0.717, 1.165) is 24.3 Å². The van der Waals surface area contributed by atoms with E-state index in [1.807, 2.05) is 26.0 Å². The molecule has 0 radical (unpaired) electrons. The number of ether oxygens (including phenoxy) is 3. The summed E-state index contributed by atoms with van der Waals surface area (Å²) >= 11 is 6.24. The number of esters is 1.